The Kier molecular flexibility index (Phi) is 2.54. The van der Waals surface area contributed by atoms with Gasteiger partial charge in [0.25, 0.3) is 0 Å². The average Bonchev–Trinajstić information content (AvgIpc) is 2.20. The van der Waals surface area contributed by atoms with Crippen molar-refractivity contribution in [2.75, 3.05) is 0 Å². The summed E-state index contributed by atoms with van der Waals surface area (Å²) >= 11 is 2.23. The molecule has 3 heteroatoms. The van der Waals surface area contributed by atoms with Crippen LogP contribution >= 0.6 is 22.6 Å². The zero-order valence-corrected chi connectivity index (χ0v) is 8.97. The predicted octanol–water partition coefficient (Wildman–Crippen LogP) is 2.75. The van der Waals surface area contributed by atoms with Gasteiger partial charge in [-0.25, -0.2) is 4.98 Å². The van der Waals surface area contributed by atoms with Gasteiger partial charge >= 0.3 is 0 Å². The van der Waals surface area contributed by atoms with Crippen molar-refractivity contribution in [2.45, 2.75) is 0 Å². The molecule has 2 aromatic rings. The molecule has 2 rings (SSSR count). The van der Waals surface area contributed by atoms with E-state index in [2.05, 4.69) is 38.6 Å². The number of hydrogen-bond donors (Lipinski definition) is 0. The van der Waals surface area contributed by atoms with Crippen molar-refractivity contribution in [1.82, 2.24) is 9.97 Å². The van der Waals surface area contributed by atoms with Gasteiger partial charge < -0.3 is 0 Å². The van der Waals surface area contributed by atoms with Crippen LogP contribution in [0.15, 0.2) is 42.9 Å². The normalized spacial score (nSPS) is 9.92. The van der Waals surface area contributed by atoms with Crippen LogP contribution in [0.1, 0.15) is 0 Å². The number of hydrogen-bond acceptors (Lipinski definition) is 2. The molecule has 2 heterocycles. The second-order valence-electron chi connectivity index (χ2n) is 2.58. The summed E-state index contributed by atoms with van der Waals surface area (Å²) < 4.78 is 1.02. The van der Waals surface area contributed by atoms with Crippen molar-refractivity contribution in [3.8, 4) is 11.1 Å². The molecule has 0 N–H and O–H groups in total. The van der Waals surface area contributed by atoms with Gasteiger partial charge in [-0.1, -0.05) is 6.07 Å². The Balaban J connectivity index is 2.54. The van der Waals surface area contributed by atoms with E-state index in [1.54, 1.807) is 18.6 Å². The molecule has 0 spiro atoms. The molecule has 0 fully saturated rings. The van der Waals surface area contributed by atoms with Gasteiger partial charge in [0.05, 0.1) is 0 Å². The smallest absolute Gasteiger partial charge is 0.109 e. The Bertz CT molecular complexity index is 401. The van der Waals surface area contributed by atoms with Gasteiger partial charge in [0, 0.05) is 24.2 Å². The van der Waals surface area contributed by atoms with Gasteiger partial charge in [0.1, 0.15) is 3.70 Å². The fourth-order valence-electron chi connectivity index (χ4n) is 1.13. The highest BCUT2D eigenvalue weighted by atomic mass is 127. The molecule has 0 radical (unpaired) electrons. The maximum atomic E-state index is 4.22. The fourth-order valence-corrected chi connectivity index (χ4v) is 1.78. The fraction of sp³-hybridized carbons (Fsp3) is 0. The van der Waals surface area contributed by atoms with Crippen LogP contribution in [0.5, 0.6) is 0 Å². The van der Waals surface area contributed by atoms with Gasteiger partial charge in [-0.05, 0) is 46.4 Å². The van der Waals surface area contributed by atoms with E-state index in [9.17, 15) is 0 Å². The molecule has 0 amide bonds. The van der Waals surface area contributed by atoms with Crippen LogP contribution in [0.4, 0.5) is 0 Å². The topological polar surface area (TPSA) is 25.8 Å². The molecule has 64 valence electrons. The van der Waals surface area contributed by atoms with E-state index in [1.165, 1.54) is 0 Å². The molecule has 0 aliphatic carbocycles. The summed E-state index contributed by atoms with van der Waals surface area (Å²) in [6.07, 6.45) is 5.38. The lowest BCUT2D eigenvalue weighted by Crippen LogP contribution is -1.85. The van der Waals surface area contributed by atoms with Gasteiger partial charge in [-0.2, -0.15) is 0 Å². The minimum absolute atomic E-state index is 1.02. The third-order valence-electron chi connectivity index (χ3n) is 1.75. The van der Waals surface area contributed by atoms with E-state index >= 15 is 0 Å². The number of halogens is 1. The quantitative estimate of drug-likeness (QED) is 0.593. The number of pyridine rings is 2. The molecule has 2 nitrogen and oxygen atoms in total. The van der Waals surface area contributed by atoms with Crippen molar-refractivity contribution in [3.05, 3.63) is 46.6 Å². The molecule has 0 aromatic carbocycles. The van der Waals surface area contributed by atoms with Gasteiger partial charge in [0.15, 0.2) is 0 Å². The first-order chi connectivity index (χ1) is 6.38. The molecule has 0 aliphatic heterocycles. The second-order valence-corrected chi connectivity index (χ2v) is 3.60. The van der Waals surface area contributed by atoms with Crippen molar-refractivity contribution in [2.24, 2.45) is 0 Å². The zero-order chi connectivity index (χ0) is 9.10. The molecule has 13 heavy (non-hydrogen) atoms. The summed E-state index contributed by atoms with van der Waals surface area (Å²) in [5.41, 5.74) is 2.32. The Morgan fingerprint density at radius 1 is 1.00 bits per heavy atom. The van der Waals surface area contributed by atoms with E-state index in [1.807, 2.05) is 18.2 Å². The monoisotopic (exact) mass is 282 g/mol. The molecule has 0 atom stereocenters. The van der Waals surface area contributed by atoms with Crippen LogP contribution in [0, 0.1) is 3.70 Å². The minimum atomic E-state index is 1.02. The summed E-state index contributed by atoms with van der Waals surface area (Å²) in [4.78, 5) is 8.20. The van der Waals surface area contributed by atoms with Crippen LogP contribution < -0.4 is 0 Å². The predicted molar refractivity (Wildman–Crippen MR) is 60.2 cm³/mol. The summed E-state index contributed by atoms with van der Waals surface area (Å²) in [7, 11) is 0. The lowest BCUT2D eigenvalue weighted by Gasteiger charge is -2.01. The van der Waals surface area contributed by atoms with Crippen molar-refractivity contribution in [1.29, 1.82) is 0 Å². The molecule has 0 bridgehead atoms. The van der Waals surface area contributed by atoms with Crippen LogP contribution in [-0.2, 0) is 0 Å². The van der Waals surface area contributed by atoms with Gasteiger partial charge in [0.2, 0.25) is 0 Å². The number of rotatable bonds is 1. The molecule has 0 aliphatic rings. The minimum Gasteiger partial charge on any atom is -0.265 e. The molecular weight excluding hydrogens is 275 g/mol. The van der Waals surface area contributed by atoms with E-state index in [4.69, 9.17) is 0 Å². The molecular formula is C10H7IN2. The average molecular weight is 282 g/mol. The van der Waals surface area contributed by atoms with Crippen molar-refractivity contribution < 1.29 is 0 Å². The highest BCUT2D eigenvalue weighted by Gasteiger charge is 2.00. The Hall–Kier alpha value is -0.970. The number of nitrogens with zero attached hydrogens (tertiary/aromatic N) is 2. The van der Waals surface area contributed by atoms with Gasteiger partial charge in [-0.3, -0.25) is 4.98 Å². The van der Waals surface area contributed by atoms with Crippen LogP contribution in [0.2, 0.25) is 0 Å². The molecule has 0 saturated carbocycles. The summed E-state index contributed by atoms with van der Waals surface area (Å²) in [5, 5.41) is 0. The third-order valence-corrected chi connectivity index (χ3v) is 2.61. The van der Waals surface area contributed by atoms with E-state index in [0.717, 1.165) is 14.8 Å². The number of aromatic nitrogens is 2. The summed E-state index contributed by atoms with van der Waals surface area (Å²) in [5.74, 6) is 0. The third kappa shape index (κ3) is 1.85. The maximum Gasteiger partial charge on any atom is 0.109 e. The Morgan fingerprint density at radius 3 is 2.46 bits per heavy atom. The molecule has 2 aromatic heterocycles. The van der Waals surface area contributed by atoms with Crippen LogP contribution in [0.3, 0.4) is 0 Å². The first-order valence-electron chi connectivity index (χ1n) is 3.89. The van der Waals surface area contributed by atoms with Crippen molar-refractivity contribution in [3.63, 3.8) is 0 Å². The molecule has 0 saturated heterocycles. The van der Waals surface area contributed by atoms with Crippen LogP contribution in [0.25, 0.3) is 11.1 Å². The summed E-state index contributed by atoms with van der Waals surface area (Å²) in [6, 6.07) is 7.97. The lowest BCUT2D eigenvalue weighted by molar-refractivity contribution is 1.26. The standard InChI is InChI=1S/C10H7IN2/c11-10-9(2-1-5-13-10)8-3-6-12-7-4-8/h1-7H. The highest BCUT2D eigenvalue weighted by Crippen LogP contribution is 2.21. The lowest BCUT2D eigenvalue weighted by atomic mass is 10.1. The molecule has 0 unspecified atom stereocenters. The van der Waals surface area contributed by atoms with Gasteiger partial charge in [-0.15, -0.1) is 0 Å². The highest BCUT2D eigenvalue weighted by molar-refractivity contribution is 14.1. The van der Waals surface area contributed by atoms with E-state index in [-0.39, 0.29) is 0 Å². The largest absolute Gasteiger partial charge is 0.265 e. The van der Waals surface area contributed by atoms with Crippen LogP contribution in [-0.4, -0.2) is 9.97 Å². The van der Waals surface area contributed by atoms with E-state index < -0.39 is 0 Å². The zero-order valence-electron chi connectivity index (χ0n) is 6.81. The second kappa shape index (κ2) is 3.83. The SMILES string of the molecule is Ic1ncccc1-c1ccncc1. The van der Waals surface area contributed by atoms with Crippen molar-refractivity contribution >= 4 is 22.6 Å². The maximum absolute atomic E-state index is 4.22. The Morgan fingerprint density at radius 2 is 1.77 bits per heavy atom. The first kappa shape index (κ1) is 8.62. The van der Waals surface area contributed by atoms with E-state index in [0.29, 0.717) is 0 Å². The first-order valence-corrected chi connectivity index (χ1v) is 4.97. The Labute approximate surface area is 90.2 Å². The summed E-state index contributed by atoms with van der Waals surface area (Å²) in [6.45, 7) is 0.